The lowest BCUT2D eigenvalue weighted by atomic mass is 10.0. The summed E-state index contributed by atoms with van der Waals surface area (Å²) in [7, 11) is 1.25. The van der Waals surface area contributed by atoms with Gasteiger partial charge in [-0.3, -0.25) is 0 Å². The second-order valence-corrected chi connectivity index (χ2v) is 3.79. The Hall–Kier alpha value is -1.42. The SMILES string of the molecule is COC(=O)c1cc(CC(C)O)cc(F)c1C. The van der Waals surface area contributed by atoms with Crippen LogP contribution in [0.5, 0.6) is 0 Å². The fraction of sp³-hybridized carbons (Fsp3) is 0.417. The molecule has 0 bridgehead atoms. The zero-order valence-corrected chi connectivity index (χ0v) is 9.58. The zero-order valence-electron chi connectivity index (χ0n) is 9.58. The number of hydrogen-bond acceptors (Lipinski definition) is 3. The van der Waals surface area contributed by atoms with Crippen molar-refractivity contribution >= 4 is 5.97 Å². The number of carbonyl (C=O) groups excluding carboxylic acids is 1. The van der Waals surface area contributed by atoms with Gasteiger partial charge in [0.1, 0.15) is 5.82 Å². The van der Waals surface area contributed by atoms with Gasteiger partial charge in [0, 0.05) is 0 Å². The average molecular weight is 226 g/mol. The highest BCUT2D eigenvalue weighted by molar-refractivity contribution is 5.91. The minimum absolute atomic E-state index is 0.207. The van der Waals surface area contributed by atoms with E-state index in [-0.39, 0.29) is 11.1 Å². The van der Waals surface area contributed by atoms with Crippen LogP contribution in [0.1, 0.15) is 28.4 Å². The predicted molar refractivity (Wildman–Crippen MR) is 57.9 cm³/mol. The maximum atomic E-state index is 13.5. The molecular formula is C12H15FO3. The number of halogens is 1. The topological polar surface area (TPSA) is 46.5 Å². The molecule has 0 aromatic heterocycles. The fourth-order valence-electron chi connectivity index (χ4n) is 1.52. The molecule has 0 heterocycles. The molecule has 4 heteroatoms. The van der Waals surface area contributed by atoms with Gasteiger partial charge < -0.3 is 9.84 Å². The van der Waals surface area contributed by atoms with Gasteiger partial charge in [-0.15, -0.1) is 0 Å². The number of ether oxygens (including phenoxy) is 1. The van der Waals surface area contributed by atoms with E-state index in [9.17, 15) is 14.3 Å². The standard InChI is InChI=1S/C12H15FO3/c1-7(14)4-9-5-10(12(15)16-3)8(2)11(13)6-9/h5-7,14H,4H2,1-3H3. The normalized spacial score (nSPS) is 12.3. The predicted octanol–water partition coefficient (Wildman–Crippen LogP) is 1.84. The van der Waals surface area contributed by atoms with Crippen LogP contribution in [0.3, 0.4) is 0 Å². The van der Waals surface area contributed by atoms with Crippen molar-refractivity contribution in [3.05, 3.63) is 34.6 Å². The molecule has 0 aliphatic heterocycles. The summed E-state index contributed by atoms with van der Waals surface area (Å²) < 4.78 is 18.1. The third kappa shape index (κ3) is 2.79. The Morgan fingerprint density at radius 2 is 2.19 bits per heavy atom. The van der Waals surface area contributed by atoms with Crippen LogP contribution in [0.15, 0.2) is 12.1 Å². The monoisotopic (exact) mass is 226 g/mol. The zero-order chi connectivity index (χ0) is 12.3. The van der Waals surface area contributed by atoms with Crippen LogP contribution in [0, 0.1) is 12.7 Å². The average Bonchev–Trinajstić information content (AvgIpc) is 2.21. The summed E-state index contributed by atoms with van der Waals surface area (Å²) in [5.41, 5.74) is 1.05. The van der Waals surface area contributed by atoms with Crippen LogP contribution in [0.4, 0.5) is 4.39 Å². The number of carbonyl (C=O) groups is 1. The Morgan fingerprint density at radius 1 is 1.56 bits per heavy atom. The lowest BCUT2D eigenvalue weighted by Gasteiger charge is -2.10. The van der Waals surface area contributed by atoms with Gasteiger partial charge in [0.05, 0.1) is 18.8 Å². The summed E-state index contributed by atoms with van der Waals surface area (Å²) >= 11 is 0. The second-order valence-electron chi connectivity index (χ2n) is 3.79. The third-order valence-electron chi connectivity index (χ3n) is 2.34. The molecule has 0 radical (unpaired) electrons. The Kier molecular flexibility index (Phi) is 4.01. The van der Waals surface area contributed by atoms with Crippen LogP contribution in [-0.4, -0.2) is 24.3 Å². The molecule has 0 saturated carbocycles. The number of methoxy groups -OCH3 is 1. The largest absolute Gasteiger partial charge is 0.465 e. The van der Waals surface area contributed by atoms with Crippen molar-refractivity contribution in [2.45, 2.75) is 26.4 Å². The Balaban J connectivity index is 3.16. The van der Waals surface area contributed by atoms with E-state index in [0.717, 1.165) is 0 Å². The molecule has 0 spiro atoms. The van der Waals surface area contributed by atoms with E-state index in [4.69, 9.17) is 0 Å². The van der Waals surface area contributed by atoms with E-state index >= 15 is 0 Å². The first-order valence-electron chi connectivity index (χ1n) is 5.01. The summed E-state index contributed by atoms with van der Waals surface area (Å²) in [6, 6.07) is 2.88. The minimum Gasteiger partial charge on any atom is -0.465 e. The molecule has 1 rings (SSSR count). The van der Waals surface area contributed by atoms with Gasteiger partial charge in [0.15, 0.2) is 0 Å². The molecule has 16 heavy (non-hydrogen) atoms. The number of benzene rings is 1. The van der Waals surface area contributed by atoms with Crippen molar-refractivity contribution in [2.75, 3.05) is 7.11 Å². The number of esters is 1. The Labute approximate surface area is 93.9 Å². The van der Waals surface area contributed by atoms with E-state index in [2.05, 4.69) is 4.74 Å². The smallest absolute Gasteiger partial charge is 0.338 e. The first-order chi connectivity index (χ1) is 7.45. The van der Waals surface area contributed by atoms with Gasteiger partial charge >= 0.3 is 5.97 Å². The van der Waals surface area contributed by atoms with Crippen LogP contribution in [0.2, 0.25) is 0 Å². The first-order valence-corrected chi connectivity index (χ1v) is 5.01. The fourth-order valence-corrected chi connectivity index (χ4v) is 1.52. The lowest BCUT2D eigenvalue weighted by Crippen LogP contribution is -2.10. The lowest BCUT2D eigenvalue weighted by molar-refractivity contribution is 0.0599. The van der Waals surface area contributed by atoms with Crippen molar-refractivity contribution in [3.8, 4) is 0 Å². The summed E-state index contributed by atoms with van der Waals surface area (Å²) in [6.45, 7) is 3.13. The van der Waals surface area contributed by atoms with Crippen LogP contribution >= 0.6 is 0 Å². The number of aliphatic hydroxyl groups excluding tert-OH is 1. The van der Waals surface area contributed by atoms with Crippen molar-refractivity contribution in [3.63, 3.8) is 0 Å². The van der Waals surface area contributed by atoms with Gasteiger partial charge in [-0.2, -0.15) is 0 Å². The highest BCUT2D eigenvalue weighted by Crippen LogP contribution is 2.17. The Morgan fingerprint density at radius 3 is 2.69 bits per heavy atom. The molecule has 0 amide bonds. The molecule has 1 aromatic carbocycles. The van der Waals surface area contributed by atoms with Crippen molar-refractivity contribution < 1.29 is 19.0 Å². The second kappa shape index (κ2) is 5.07. The van der Waals surface area contributed by atoms with E-state index in [0.29, 0.717) is 12.0 Å². The molecule has 0 aliphatic carbocycles. The maximum Gasteiger partial charge on any atom is 0.338 e. The highest BCUT2D eigenvalue weighted by Gasteiger charge is 2.14. The molecule has 0 saturated heterocycles. The van der Waals surface area contributed by atoms with Gasteiger partial charge in [0.2, 0.25) is 0 Å². The van der Waals surface area contributed by atoms with Gasteiger partial charge in [0.25, 0.3) is 0 Å². The minimum atomic E-state index is -0.576. The van der Waals surface area contributed by atoms with E-state index < -0.39 is 17.9 Å². The molecular weight excluding hydrogens is 211 g/mol. The van der Waals surface area contributed by atoms with E-state index in [1.54, 1.807) is 13.0 Å². The van der Waals surface area contributed by atoms with E-state index in [1.165, 1.54) is 20.1 Å². The third-order valence-corrected chi connectivity index (χ3v) is 2.34. The molecule has 88 valence electrons. The highest BCUT2D eigenvalue weighted by atomic mass is 19.1. The van der Waals surface area contributed by atoms with Gasteiger partial charge in [-0.1, -0.05) is 0 Å². The first kappa shape index (κ1) is 12.6. The molecule has 1 atom stereocenters. The quantitative estimate of drug-likeness (QED) is 0.800. The van der Waals surface area contributed by atoms with Crippen molar-refractivity contribution in [1.82, 2.24) is 0 Å². The Bertz CT molecular complexity index is 399. The van der Waals surface area contributed by atoms with Crippen LogP contribution in [-0.2, 0) is 11.2 Å². The molecule has 0 fully saturated rings. The number of rotatable bonds is 3. The molecule has 1 N–H and O–H groups in total. The summed E-state index contributed by atoms with van der Waals surface area (Å²) in [5, 5.41) is 9.21. The van der Waals surface area contributed by atoms with Gasteiger partial charge in [-0.25, -0.2) is 9.18 Å². The molecule has 1 unspecified atom stereocenters. The van der Waals surface area contributed by atoms with E-state index in [1.807, 2.05) is 0 Å². The summed E-state index contributed by atoms with van der Waals surface area (Å²) in [5.74, 6) is -1.03. The van der Waals surface area contributed by atoms with Crippen LogP contribution in [0.25, 0.3) is 0 Å². The maximum absolute atomic E-state index is 13.5. The van der Waals surface area contributed by atoms with Gasteiger partial charge in [-0.05, 0) is 43.5 Å². The number of aliphatic hydroxyl groups is 1. The van der Waals surface area contributed by atoms with Crippen molar-refractivity contribution in [2.24, 2.45) is 0 Å². The van der Waals surface area contributed by atoms with Crippen LogP contribution < -0.4 is 0 Å². The molecule has 1 aromatic rings. The summed E-state index contributed by atoms with van der Waals surface area (Å²) in [6.07, 6.45) is -0.270. The summed E-state index contributed by atoms with van der Waals surface area (Å²) in [4.78, 5) is 11.4. The van der Waals surface area contributed by atoms with Crippen molar-refractivity contribution in [1.29, 1.82) is 0 Å². The molecule has 3 nitrogen and oxygen atoms in total. The number of hydrogen-bond donors (Lipinski definition) is 1. The molecule has 0 aliphatic rings.